The number of piperazine rings is 1. The molecule has 1 fully saturated rings. The van der Waals surface area contributed by atoms with Crippen LogP contribution in [-0.2, 0) is 16.0 Å². The van der Waals surface area contributed by atoms with E-state index in [2.05, 4.69) is 27.8 Å². The molecule has 8 nitrogen and oxygen atoms in total. The first-order valence-corrected chi connectivity index (χ1v) is 11.2. The van der Waals surface area contributed by atoms with Gasteiger partial charge >= 0.3 is 6.09 Å². The van der Waals surface area contributed by atoms with Crippen LogP contribution in [0.5, 0.6) is 0 Å². The molecule has 1 aliphatic rings. The monoisotopic (exact) mass is 442 g/mol. The third-order valence-electron chi connectivity index (χ3n) is 5.36. The average molecular weight is 443 g/mol. The molecule has 3 heterocycles. The fourth-order valence-corrected chi connectivity index (χ4v) is 4.59. The molecule has 164 valence electrons. The van der Waals surface area contributed by atoms with Gasteiger partial charge in [-0.25, -0.2) is 9.78 Å². The molecule has 0 N–H and O–H groups in total. The largest absolute Gasteiger partial charge is 0.450 e. The highest BCUT2D eigenvalue weighted by Crippen LogP contribution is 2.31. The topological polar surface area (TPSA) is 76.9 Å². The summed E-state index contributed by atoms with van der Waals surface area (Å²) in [6.45, 7) is 5.30. The summed E-state index contributed by atoms with van der Waals surface area (Å²) in [7, 11) is 1.69. The first-order valence-electron chi connectivity index (χ1n) is 10.4. The maximum absolute atomic E-state index is 13.0. The minimum atomic E-state index is -0.325. The molecule has 31 heavy (non-hydrogen) atoms. The maximum atomic E-state index is 13.0. The van der Waals surface area contributed by atoms with Crippen LogP contribution in [0.2, 0.25) is 0 Å². The molecule has 2 aromatic heterocycles. The van der Waals surface area contributed by atoms with Gasteiger partial charge in [0.15, 0.2) is 0 Å². The summed E-state index contributed by atoms with van der Waals surface area (Å²) in [5.74, 6) is -0.106. The van der Waals surface area contributed by atoms with Crippen molar-refractivity contribution in [1.29, 1.82) is 0 Å². The Kier molecular flexibility index (Phi) is 6.53. The Morgan fingerprint density at radius 2 is 1.87 bits per heavy atom. The standard InChI is InChI=1S/C22H26N4O4S/c1-3-30-22(28)25-10-8-24(9-11-25)21(27)17-15-31-20(23-17)19-14-16-6-4-5-7-18(16)26(19)12-13-29-2/h4-7,14-15H,3,8-13H2,1-2H3. The van der Waals surface area contributed by atoms with Crippen molar-refractivity contribution in [3.8, 4) is 10.7 Å². The molecule has 9 heteroatoms. The number of ether oxygens (including phenoxy) is 2. The summed E-state index contributed by atoms with van der Waals surface area (Å²) in [4.78, 5) is 32.9. The van der Waals surface area contributed by atoms with Gasteiger partial charge in [0.05, 0.1) is 18.9 Å². The molecule has 0 bridgehead atoms. The molecule has 1 aliphatic heterocycles. The summed E-state index contributed by atoms with van der Waals surface area (Å²) in [6.07, 6.45) is -0.325. The second kappa shape index (κ2) is 9.49. The van der Waals surface area contributed by atoms with Crippen molar-refractivity contribution in [3.63, 3.8) is 0 Å². The van der Waals surface area contributed by atoms with Crippen LogP contribution in [0.3, 0.4) is 0 Å². The number of thiazole rings is 1. The van der Waals surface area contributed by atoms with Crippen LogP contribution in [0.25, 0.3) is 21.6 Å². The van der Waals surface area contributed by atoms with Crippen LogP contribution in [0.15, 0.2) is 35.7 Å². The van der Waals surface area contributed by atoms with E-state index in [0.717, 1.165) is 21.6 Å². The van der Waals surface area contributed by atoms with Crippen LogP contribution >= 0.6 is 11.3 Å². The van der Waals surface area contributed by atoms with E-state index < -0.39 is 0 Å². The number of carbonyl (C=O) groups is 2. The Morgan fingerprint density at radius 3 is 2.61 bits per heavy atom. The van der Waals surface area contributed by atoms with Gasteiger partial charge in [0.25, 0.3) is 5.91 Å². The minimum absolute atomic E-state index is 0.106. The normalized spacial score (nSPS) is 14.3. The smallest absolute Gasteiger partial charge is 0.409 e. The summed E-state index contributed by atoms with van der Waals surface area (Å²) in [5, 5.41) is 3.75. The second-order valence-corrected chi connectivity index (χ2v) is 8.11. The zero-order valence-corrected chi connectivity index (χ0v) is 18.6. The number of benzene rings is 1. The van der Waals surface area contributed by atoms with Gasteiger partial charge in [0, 0.05) is 56.1 Å². The molecule has 0 saturated carbocycles. The summed E-state index contributed by atoms with van der Waals surface area (Å²) < 4.78 is 12.5. The molecular formula is C22H26N4O4S. The Morgan fingerprint density at radius 1 is 1.13 bits per heavy atom. The van der Waals surface area contributed by atoms with E-state index in [1.54, 1.807) is 23.8 Å². The third-order valence-corrected chi connectivity index (χ3v) is 6.23. The van der Waals surface area contributed by atoms with Gasteiger partial charge in [0.2, 0.25) is 0 Å². The molecule has 3 aromatic rings. The van der Waals surface area contributed by atoms with Gasteiger partial charge in [-0.05, 0) is 19.1 Å². The lowest BCUT2D eigenvalue weighted by atomic mass is 10.2. The van der Waals surface area contributed by atoms with E-state index in [1.807, 2.05) is 17.5 Å². The van der Waals surface area contributed by atoms with Gasteiger partial charge in [-0.2, -0.15) is 0 Å². The van der Waals surface area contributed by atoms with Crippen molar-refractivity contribution in [3.05, 3.63) is 41.4 Å². The number of rotatable bonds is 6. The lowest BCUT2D eigenvalue weighted by molar-refractivity contribution is 0.0566. The zero-order chi connectivity index (χ0) is 21.8. The van der Waals surface area contributed by atoms with Gasteiger partial charge in [0.1, 0.15) is 10.7 Å². The lowest BCUT2D eigenvalue weighted by Gasteiger charge is -2.33. The number of para-hydroxylation sites is 1. The van der Waals surface area contributed by atoms with Crippen molar-refractivity contribution < 1.29 is 19.1 Å². The molecule has 1 saturated heterocycles. The fraction of sp³-hybridized carbons (Fsp3) is 0.409. The fourth-order valence-electron chi connectivity index (χ4n) is 3.77. The van der Waals surface area contributed by atoms with Crippen molar-refractivity contribution in [1.82, 2.24) is 19.4 Å². The van der Waals surface area contributed by atoms with Crippen molar-refractivity contribution in [2.75, 3.05) is 46.5 Å². The number of aromatic nitrogens is 2. The molecule has 0 aliphatic carbocycles. The SMILES string of the molecule is CCOC(=O)N1CCN(C(=O)c2csc(-c3cc4ccccc4n3CCOC)n2)CC1. The van der Waals surface area contributed by atoms with Crippen molar-refractivity contribution in [2.24, 2.45) is 0 Å². The Labute approximate surface area is 185 Å². The predicted octanol–water partition coefficient (Wildman–Crippen LogP) is 3.33. The van der Waals surface area contributed by atoms with Gasteiger partial charge in [-0.15, -0.1) is 11.3 Å². The van der Waals surface area contributed by atoms with Crippen LogP contribution in [0.1, 0.15) is 17.4 Å². The van der Waals surface area contributed by atoms with Gasteiger partial charge < -0.3 is 23.8 Å². The molecule has 0 radical (unpaired) electrons. The summed E-state index contributed by atoms with van der Waals surface area (Å²) >= 11 is 1.47. The number of hydrogen-bond acceptors (Lipinski definition) is 6. The number of amides is 2. The first kappa shape index (κ1) is 21.3. The molecule has 0 unspecified atom stereocenters. The molecule has 4 rings (SSSR count). The molecule has 1 aromatic carbocycles. The Bertz CT molecular complexity index is 1070. The number of methoxy groups -OCH3 is 1. The third kappa shape index (κ3) is 4.42. The van der Waals surface area contributed by atoms with Crippen LogP contribution in [0, 0.1) is 0 Å². The van der Waals surface area contributed by atoms with Crippen molar-refractivity contribution >= 4 is 34.2 Å². The second-order valence-electron chi connectivity index (χ2n) is 7.25. The van der Waals surface area contributed by atoms with E-state index in [4.69, 9.17) is 9.47 Å². The van der Waals surface area contributed by atoms with Gasteiger partial charge in [-0.1, -0.05) is 18.2 Å². The van der Waals surface area contributed by atoms with E-state index >= 15 is 0 Å². The highest BCUT2D eigenvalue weighted by Gasteiger charge is 2.27. The highest BCUT2D eigenvalue weighted by molar-refractivity contribution is 7.13. The maximum Gasteiger partial charge on any atom is 0.409 e. The molecule has 0 spiro atoms. The zero-order valence-electron chi connectivity index (χ0n) is 17.7. The molecule has 0 atom stereocenters. The quantitative estimate of drug-likeness (QED) is 0.585. The van der Waals surface area contributed by atoms with E-state index in [-0.39, 0.29) is 12.0 Å². The average Bonchev–Trinajstić information content (AvgIpc) is 3.42. The van der Waals surface area contributed by atoms with Crippen LogP contribution < -0.4 is 0 Å². The van der Waals surface area contributed by atoms with Crippen LogP contribution in [0.4, 0.5) is 4.79 Å². The van der Waals surface area contributed by atoms with E-state index in [1.165, 1.54) is 11.3 Å². The lowest BCUT2D eigenvalue weighted by Crippen LogP contribution is -2.50. The molecule has 2 amide bonds. The van der Waals surface area contributed by atoms with Crippen molar-refractivity contribution in [2.45, 2.75) is 13.5 Å². The summed E-state index contributed by atoms with van der Waals surface area (Å²) in [5.41, 5.74) is 2.54. The van der Waals surface area contributed by atoms with Crippen LogP contribution in [-0.4, -0.2) is 77.9 Å². The number of fused-ring (bicyclic) bond motifs is 1. The highest BCUT2D eigenvalue weighted by atomic mass is 32.1. The number of nitrogens with zero attached hydrogens (tertiary/aromatic N) is 4. The van der Waals surface area contributed by atoms with Gasteiger partial charge in [-0.3, -0.25) is 4.79 Å². The number of hydrogen-bond donors (Lipinski definition) is 0. The first-order chi connectivity index (χ1) is 15.1. The molecular weight excluding hydrogens is 416 g/mol. The van der Waals surface area contributed by atoms with E-state index in [0.29, 0.717) is 51.6 Å². The summed E-state index contributed by atoms with van der Waals surface area (Å²) in [6, 6.07) is 10.3. The minimum Gasteiger partial charge on any atom is -0.450 e. The Hall–Kier alpha value is -2.91. The Balaban J connectivity index is 1.51. The van der Waals surface area contributed by atoms with E-state index in [9.17, 15) is 9.59 Å². The predicted molar refractivity (Wildman–Crippen MR) is 119 cm³/mol. The number of carbonyl (C=O) groups excluding carboxylic acids is 2.